The molecule has 9 rings (SSSR count). The van der Waals surface area contributed by atoms with Crippen LogP contribution >= 0.6 is 0 Å². The van der Waals surface area contributed by atoms with Crippen molar-refractivity contribution in [3.05, 3.63) is 167 Å². The number of rotatable bonds is 6. The van der Waals surface area contributed by atoms with Crippen LogP contribution in [0.5, 0.6) is 0 Å². The van der Waals surface area contributed by atoms with Crippen molar-refractivity contribution in [1.82, 2.24) is 0 Å². The Kier molecular flexibility index (Phi) is 7.40. The molecule has 0 aliphatic heterocycles. The minimum atomic E-state index is 0.433. The van der Waals surface area contributed by atoms with Gasteiger partial charge < -0.3 is 4.42 Å². The smallest absolute Gasteiger partial charge is 0.136 e. The second kappa shape index (κ2) is 12.1. The van der Waals surface area contributed by atoms with Gasteiger partial charge in [-0.2, -0.15) is 0 Å². The second-order valence-corrected chi connectivity index (χ2v) is 14.5. The number of para-hydroxylation sites is 1. The summed E-state index contributed by atoms with van der Waals surface area (Å²) in [5.41, 5.74) is 14.6. The molecule has 0 fully saturated rings. The fourth-order valence-corrected chi connectivity index (χ4v) is 7.97. The monoisotopic (exact) mass is 656 g/mol. The molecule has 0 aliphatic carbocycles. The van der Waals surface area contributed by atoms with Gasteiger partial charge in [0, 0.05) is 10.9 Å². The highest BCUT2D eigenvalue weighted by Crippen LogP contribution is 2.48. The van der Waals surface area contributed by atoms with E-state index in [1.54, 1.807) is 0 Å². The summed E-state index contributed by atoms with van der Waals surface area (Å²) in [6.45, 7) is 11.1. The lowest BCUT2D eigenvalue weighted by Crippen LogP contribution is -1.95. The van der Waals surface area contributed by atoms with E-state index in [4.69, 9.17) is 4.42 Å². The quantitative estimate of drug-likeness (QED) is 0.128. The van der Waals surface area contributed by atoms with E-state index in [2.05, 4.69) is 174 Å². The van der Waals surface area contributed by atoms with Gasteiger partial charge in [-0.25, -0.2) is 0 Å². The van der Waals surface area contributed by atoms with E-state index in [1.165, 1.54) is 88.0 Å². The van der Waals surface area contributed by atoms with E-state index >= 15 is 0 Å². The fourth-order valence-electron chi connectivity index (χ4n) is 7.97. The fraction of sp³-hybridized carbons (Fsp3) is 0.120. The van der Waals surface area contributed by atoms with E-state index in [0.717, 1.165) is 22.3 Å². The van der Waals surface area contributed by atoms with Crippen LogP contribution in [0.4, 0.5) is 0 Å². The van der Waals surface area contributed by atoms with Gasteiger partial charge in [0.2, 0.25) is 0 Å². The largest absolute Gasteiger partial charge is 0.456 e. The average molecular weight is 657 g/mol. The SMILES string of the molecule is C/C(=C\c1ccccc1C)c1cc(-c2ccc(C)cc2)c2ccc3c(-c4cc5ccccc5o4)cc(-c4cccc(C(C)C)c4)c4ccc1c2c43. The van der Waals surface area contributed by atoms with Crippen LogP contribution in [-0.4, -0.2) is 0 Å². The van der Waals surface area contributed by atoms with Crippen molar-refractivity contribution >= 4 is 54.9 Å². The lowest BCUT2D eigenvalue weighted by Gasteiger charge is -2.21. The van der Waals surface area contributed by atoms with Crippen LogP contribution in [0.1, 0.15) is 54.5 Å². The predicted molar refractivity (Wildman–Crippen MR) is 220 cm³/mol. The summed E-state index contributed by atoms with van der Waals surface area (Å²) >= 11 is 0. The van der Waals surface area contributed by atoms with E-state index in [-0.39, 0.29) is 0 Å². The Morgan fingerprint density at radius 2 is 1.24 bits per heavy atom. The summed E-state index contributed by atoms with van der Waals surface area (Å²) in [5, 5.41) is 8.70. The maximum absolute atomic E-state index is 6.63. The lowest BCUT2D eigenvalue weighted by atomic mass is 9.82. The number of aryl methyl sites for hydroxylation is 2. The first-order valence-electron chi connectivity index (χ1n) is 18.0. The summed E-state index contributed by atoms with van der Waals surface area (Å²) in [7, 11) is 0. The molecule has 0 spiro atoms. The van der Waals surface area contributed by atoms with Crippen LogP contribution in [0.25, 0.3) is 88.5 Å². The topological polar surface area (TPSA) is 13.1 Å². The second-order valence-electron chi connectivity index (χ2n) is 14.5. The molecule has 0 saturated carbocycles. The summed E-state index contributed by atoms with van der Waals surface area (Å²) < 4.78 is 6.63. The highest BCUT2D eigenvalue weighted by molar-refractivity contribution is 6.31. The molecule has 0 aliphatic rings. The van der Waals surface area contributed by atoms with Gasteiger partial charge in [0.15, 0.2) is 0 Å². The molecule has 0 amide bonds. The molecule has 0 N–H and O–H groups in total. The van der Waals surface area contributed by atoms with Crippen molar-refractivity contribution in [3.8, 4) is 33.6 Å². The molecule has 51 heavy (non-hydrogen) atoms. The van der Waals surface area contributed by atoms with Crippen molar-refractivity contribution in [2.75, 3.05) is 0 Å². The van der Waals surface area contributed by atoms with Crippen LogP contribution < -0.4 is 0 Å². The molecule has 0 unspecified atom stereocenters. The summed E-state index contributed by atoms with van der Waals surface area (Å²) in [6.07, 6.45) is 2.35. The molecule has 9 aromatic rings. The highest BCUT2D eigenvalue weighted by atomic mass is 16.3. The lowest BCUT2D eigenvalue weighted by molar-refractivity contribution is 0.632. The zero-order valence-corrected chi connectivity index (χ0v) is 29.8. The maximum atomic E-state index is 6.63. The first-order chi connectivity index (χ1) is 24.8. The summed E-state index contributed by atoms with van der Waals surface area (Å²) in [4.78, 5) is 0. The van der Waals surface area contributed by atoms with E-state index < -0.39 is 0 Å². The van der Waals surface area contributed by atoms with Crippen LogP contribution in [0, 0.1) is 13.8 Å². The van der Waals surface area contributed by atoms with Gasteiger partial charge in [-0.1, -0.05) is 141 Å². The molecule has 1 aromatic heterocycles. The zero-order valence-electron chi connectivity index (χ0n) is 29.8. The number of benzene rings is 8. The van der Waals surface area contributed by atoms with Gasteiger partial charge in [-0.15, -0.1) is 0 Å². The third-order valence-corrected chi connectivity index (χ3v) is 10.8. The number of allylic oxidation sites excluding steroid dienone is 1. The third-order valence-electron chi connectivity index (χ3n) is 10.8. The molecule has 246 valence electrons. The average Bonchev–Trinajstić information content (AvgIpc) is 3.59. The first-order valence-corrected chi connectivity index (χ1v) is 18.0. The third kappa shape index (κ3) is 5.24. The van der Waals surface area contributed by atoms with E-state index in [0.29, 0.717) is 5.92 Å². The van der Waals surface area contributed by atoms with Crippen LogP contribution in [0.15, 0.2) is 144 Å². The molecule has 1 heteroatoms. The van der Waals surface area contributed by atoms with Crippen molar-refractivity contribution in [3.63, 3.8) is 0 Å². The van der Waals surface area contributed by atoms with Crippen LogP contribution in [0.3, 0.4) is 0 Å². The van der Waals surface area contributed by atoms with Crippen molar-refractivity contribution < 1.29 is 4.42 Å². The summed E-state index contributed by atoms with van der Waals surface area (Å²) in [6, 6.07) is 51.4. The molecule has 1 nitrogen and oxygen atoms in total. The molecular weight excluding hydrogens is 617 g/mol. The van der Waals surface area contributed by atoms with Gasteiger partial charge in [0.25, 0.3) is 0 Å². The molecule has 0 radical (unpaired) electrons. The predicted octanol–water partition coefficient (Wildman–Crippen LogP) is 14.6. The molecule has 0 bridgehead atoms. The Balaban J connectivity index is 1.43. The Morgan fingerprint density at radius 1 is 0.569 bits per heavy atom. The molecule has 8 aromatic carbocycles. The molecule has 0 atom stereocenters. The minimum Gasteiger partial charge on any atom is -0.456 e. The van der Waals surface area contributed by atoms with Crippen molar-refractivity contribution in [1.29, 1.82) is 0 Å². The Bertz CT molecular complexity index is 2750. The number of fused-ring (bicyclic) bond motifs is 1. The van der Waals surface area contributed by atoms with Gasteiger partial charge in [-0.3, -0.25) is 0 Å². The number of hydrogen-bond donors (Lipinski definition) is 0. The molecular formula is C50H40O. The molecule has 0 saturated heterocycles. The zero-order chi connectivity index (χ0) is 34.8. The van der Waals surface area contributed by atoms with E-state index in [9.17, 15) is 0 Å². The van der Waals surface area contributed by atoms with Gasteiger partial charge >= 0.3 is 0 Å². The number of furan rings is 1. The van der Waals surface area contributed by atoms with Crippen molar-refractivity contribution in [2.45, 2.75) is 40.5 Å². The minimum absolute atomic E-state index is 0.433. The highest BCUT2D eigenvalue weighted by Gasteiger charge is 2.22. The van der Waals surface area contributed by atoms with E-state index in [1.807, 2.05) is 6.07 Å². The van der Waals surface area contributed by atoms with Crippen molar-refractivity contribution in [2.24, 2.45) is 0 Å². The first kappa shape index (κ1) is 31.1. The standard InChI is InChI=1S/C50H40O/c1-30(2)35-14-10-15-37(26-35)45-29-46(48-27-38-13-8-9-16-47(38)51-48)42-24-23-40-44(34-19-17-31(3)18-20-34)28-43(39-21-22-41(45)50(42)49(39)40)33(5)25-36-12-7-6-11-32(36)4/h6-30H,1-5H3/b33-25+. The van der Waals surface area contributed by atoms with Crippen LogP contribution in [0.2, 0.25) is 0 Å². The molecule has 1 heterocycles. The maximum Gasteiger partial charge on any atom is 0.136 e. The Hall–Kier alpha value is -5.92. The normalized spacial score (nSPS) is 12.3. The Labute approximate surface area is 299 Å². The summed E-state index contributed by atoms with van der Waals surface area (Å²) in [5.74, 6) is 1.33. The number of hydrogen-bond acceptors (Lipinski definition) is 1. The van der Waals surface area contributed by atoms with Crippen LogP contribution in [-0.2, 0) is 0 Å². The van der Waals surface area contributed by atoms with Gasteiger partial charge in [0.1, 0.15) is 11.3 Å². The van der Waals surface area contributed by atoms with Gasteiger partial charge in [-0.05, 0) is 133 Å². The van der Waals surface area contributed by atoms with Gasteiger partial charge in [0.05, 0.1) is 0 Å². The Morgan fingerprint density at radius 3 is 1.98 bits per heavy atom.